The van der Waals surface area contributed by atoms with Gasteiger partial charge in [-0.2, -0.15) is 0 Å². The molecule has 31 heavy (non-hydrogen) atoms. The molecule has 0 spiro atoms. The summed E-state index contributed by atoms with van der Waals surface area (Å²) in [4.78, 5) is 21.2. The monoisotopic (exact) mass is 440 g/mol. The number of H-pyrrole nitrogens is 1. The van der Waals surface area contributed by atoms with Crippen LogP contribution in [0.3, 0.4) is 0 Å². The molecule has 1 amide bonds. The van der Waals surface area contributed by atoms with Crippen molar-refractivity contribution < 1.29 is 13.2 Å². The van der Waals surface area contributed by atoms with Crippen molar-refractivity contribution >= 4 is 39.0 Å². The standard InChI is InChI=1S/C23H28N4O3S/c1-3-5-12-31(29,30)26-17-6-9-19(16(4-2)13-17)21-14-22(27(15-28)18-7-8-18)25-23-20(21)10-11-24-23/h6,9-11,13-15,18,26H,3-5,7-8,12H2,1-2H3,(H,24,25). The average Bonchev–Trinajstić information content (AvgIpc) is 3.47. The van der Waals surface area contributed by atoms with Crippen LogP contribution >= 0.6 is 0 Å². The molecule has 3 aromatic rings. The number of benzene rings is 1. The van der Waals surface area contributed by atoms with E-state index in [2.05, 4.69) is 14.7 Å². The van der Waals surface area contributed by atoms with Gasteiger partial charge in [-0.3, -0.25) is 14.4 Å². The van der Waals surface area contributed by atoms with Crippen molar-refractivity contribution in [3.8, 4) is 11.1 Å². The molecule has 1 fully saturated rings. The lowest BCUT2D eigenvalue weighted by atomic mass is 9.96. The van der Waals surface area contributed by atoms with E-state index in [-0.39, 0.29) is 11.8 Å². The Hall–Kier alpha value is -2.87. The van der Waals surface area contributed by atoms with Gasteiger partial charge in [-0.05, 0) is 66.6 Å². The summed E-state index contributed by atoms with van der Waals surface area (Å²) >= 11 is 0. The van der Waals surface area contributed by atoms with Crippen molar-refractivity contribution in [2.45, 2.75) is 52.0 Å². The van der Waals surface area contributed by atoms with Crippen molar-refractivity contribution in [1.82, 2.24) is 9.97 Å². The smallest absolute Gasteiger partial charge is 0.232 e. The molecule has 0 aliphatic heterocycles. The normalized spacial score (nSPS) is 14.0. The van der Waals surface area contributed by atoms with Gasteiger partial charge in [-0.25, -0.2) is 13.4 Å². The lowest BCUT2D eigenvalue weighted by molar-refractivity contribution is -0.107. The second kappa shape index (κ2) is 8.70. The zero-order valence-electron chi connectivity index (χ0n) is 17.9. The van der Waals surface area contributed by atoms with E-state index >= 15 is 0 Å². The molecule has 1 aliphatic carbocycles. The van der Waals surface area contributed by atoms with Gasteiger partial charge in [0.15, 0.2) is 0 Å². The highest BCUT2D eigenvalue weighted by atomic mass is 32.2. The Labute approximate surface area is 182 Å². The number of aromatic nitrogens is 2. The molecule has 164 valence electrons. The average molecular weight is 441 g/mol. The lowest BCUT2D eigenvalue weighted by Gasteiger charge is -2.18. The number of sulfonamides is 1. The molecular weight excluding hydrogens is 412 g/mol. The number of unbranched alkanes of at least 4 members (excludes halogenated alkanes) is 1. The number of nitrogens with one attached hydrogen (secondary N) is 2. The van der Waals surface area contributed by atoms with E-state index in [1.165, 1.54) is 0 Å². The largest absolute Gasteiger partial charge is 0.346 e. The number of fused-ring (bicyclic) bond motifs is 1. The molecule has 0 bridgehead atoms. The van der Waals surface area contributed by atoms with Gasteiger partial charge < -0.3 is 4.98 Å². The molecule has 0 saturated heterocycles. The highest BCUT2D eigenvalue weighted by molar-refractivity contribution is 7.92. The maximum absolute atomic E-state index is 12.3. The number of aromatic amines is 1. The van der Waals surface area contributed by atoms with E-state index in [1.54, 1.807) is 11.0 Å². The first-order valence-corrected chi connectivity index (χ1v) is 12.5. The van der Waals surface area contributed by atoms with E-state index in [4.69, 9.17) is 0 Å². The van der Waals surface area contributed by atoms with Crippen molar-refractivity contribution in [3.63, 3.8) is 0 Å². The fourth-order valence-corrected chi connectivity index (χ4v) is 5.09. The van der Waals surface area contributed by atoms with Crippen LogP contribution in [0.1, 0.15) is 45.1 Å². The Bertz CT molecular complexity index is 1200. The van der Waals surface area contributed by atoms with Crippen molar-refractivity contribution in [2.75, 3.05) is 15.4 Å². The Kier molecular flexibility index (Phi) is 6.00. The summed E-state index contributed by atoms with van der Waals surface area (Å²) in [5, 5.41) is 0.969. The number of hydrogen-bond acceptors (Lipinski definition) is 4. The number of nitrogens with zero attached hydrogens (tertiary/aromatic N) is 2. The van der Waals surface area contributed by atoms with Gasteiger partial charge in [-0.1, -0.05) is 26.3 Å². The van der Waals surface area contributed by atoms with Crippen LogP contribution in [0.2, 0.25) is 0 Å². The molecule has 0 atom stereocenters. The fourth-order valence-electron chi connectivity index (χ4n) is 3.84. The van der Waals surface area contributed by atoms with Crippen LogP contribution in [0, 0.1) is 0 Å². The highest BCUT2D eigenvalue weighted by Gasteiger charge is 2.30. The molecule has 2 N–H and O–H groups in total. The third kappa shape index (κ3) is 4.58. The minimum atomic E-state index is -3.36. The summed E-state index contributed by atoms with van der Waals surface area (Å²) in [5.74, 6) is 0.751. The molecule has 1 aromatic carbocycles. The van der Waals surface area contributed by atoms with Gasteiger partial charge in [0, 0.05) is 23.3 Å². The van der Waals surface area contributed by atoms with Gasteiger partial charge in [0.05, 0.1) is 5.75 Å². The van der Waals surface area contributed by atoms with Crippen LogP contribution in [0.25, 0.3) is 22.2 Å². The number of carbonyl (C=O) groups is 1. The van der Waals surface area contributed by atoms with Crippen LogP contribution in [0.15, 0.2) is 36.5 Å². The Morgan fingerprint density at radius 1 is 1.19 bits per heavy atom. The van der Waals surface area contributed by atoms with Gasteiger partial charge in [0.25, 0.3) is 0 Å². The van der Waals surface area contributed by atoms with E-state index in [0.717, 1.165) is 59.8 Å². The highest BCUT2D eigenvalue weighted by Crippen LogP contribution is 2.37. The van der Waals surface area contributed by atoms with E-state index in [9.17, 15) is 13.2 Å². The number of carbonyl (C=O) groups excluding carboxylic acids is 1. The zero-order chi connectivity index (χ0) is 22.0. The molecule has 2 heterocycles. The minimum absolute atomic E-state index is 0.118. The predicted octanol–water partition coefficient (Wildman–Crippen LogP) is 4.46. The lowest BCUT2D eigenvalue weighted by Crippen LogP contribution is -2.24. The van der Waals surface area contributed by atoms with Crippen molar-refractivity contribution in [1.29, 1.82) is 0 Å². The molecule has 7 nitrogen and oxygen atoms in total. The van der Waals surface area contributed by atoms with E-state index < -0.39 is 10.0 Å². The van der Waals surface area contributed by atoms with Crippen LogP contribution < -0.4 is 9.62 Å². The number of anilines is 2. The number of rotatable bonds is 10. The number of aryl methyl sites for hydroxylation is 1. The number of amides is 1. The first-order chi connectivity index (χ1) is 15.0. The van der Waals surface area contributed by atoms with Crippen LogP contribution in [-0.2, 0) is 21.2 Å². The third-order valence-corrected chi connectivity index (χ3v) is 7.02. The molecule has 0 unspecified atom stereocenters. The van der Waals surface area contributed by atoms with Crippen molar-refractivity contribution in [2.24, 2.45) is 0 Å². The predicted molar refractivity (Wildman–Crippen MR) is 125 cm³/mol. The first kappa shape index (κ1) is 21.4. The molecule has 0 radical (unpaired) electrons. The molecule has 1 aliphatic rings. The maximum atomic E-state index is 12.3. The summed E-state index contributed by atoms with van der Waals surface area (Å²) in [7, 11) is -3.36. The third-order valence-electron chi connectivity index (χ3n) is 5.65. The van der Waals surface area contributed by atoms with Gasteiger partial charge in [-0.15, -0.1) is 0 Å². The summed E-state index contributed by atoms with van der Waals surface area (Å²) in [6.45, 7) is 4.02. The zero-order valence-corrected chi connectivity index (χ0v) is 18.7. The fraction of sp³-hybridized carbons (Fsp3) is 0.391. The van der Waals surface area contributed by atoms with Crippen LogP contribution in [0.5, 0.6) is 0 Å². The second-order valence-corrected chi connectivity index (χ2v) is 9.85. The van der Waals surface area contributed by atoms with Gasteiger partial charge in [0.1, 0.15) is 11.5 Å². The molecule has 4 rings (SSSR count). The summed E-state index contributed by atoms with van der Waals surface area (Å²) in [6, 6.07) is 9.80. The topological polar surface area (TPSA) is 95.2 Å². The van der Waals surface area contributed by atoms with Crippen LogP contribution in [0.4, 0.5) is 11.5 Å². The number of pyridine rings is 1. The van der Waals surface area contributed by atoms with Gasteiger partial charge >= 0.3 is 0 Å². The number of hydrogen-bond donors (Lipinski definition) is 2. The summed E-state index contributed by atoms with van der Waals surface area (Å²) in [6.07, 6.45) is 6.88. The Morgan fingerprint density at radius 2 is 2.00 bits per heavy atom. The van der Waals surface area contributed by atoms with E-state index in [0.29, 0.717) is 17.9 Å². The SMILES string of the molecule is CCCCS(=O)(=O)Nc1ccc(-c2cc(N(C=O)C3CC3)nc3[nH]ccc23)c(CC)c1. The Morgan fingerprint density at radius 3 is 2.68 bits per heavy atom. The first-order valence-electron chi connectivity index (χ1n) is 10.8. The quantitative estimate of drug-likeness (QED) is 0.455. The van der Waals surface area contributed by atoms with E-state index in [1.807, 2.05) is 44.3 Å². The molecule has 8 heteroatoms. The molecular formula is C23H28N4O3S. The summed E-state index contributed by atoms with van der Waals surface area (Å²) < 4.78 is 27.3. The Balaban J connectivity index is 1.75. The molecule has 2 aromatic heterocycles. The maximum Gasteiger partial charge on any atom is 0.232 e. The molecule has 1 saturated carbocycles. The summed E-state index contributed by atoms with van der Waals surface area (Å²) in [5.41, 5.74) is 4.31. The van der Waals surface area contributed by atoms with Crippen LogP contribution in [-0.4, -0.2) is 36.6 Å². The van der Waals surface area contributed by atoms with Crippen molar-refractivity contribution in [3.05, 3.63) is 42.1 Å². The minimum Gasteiger partial charge on any atom is -0.346 e. The second-order valence-electron chi connectivity index (χ2n) is 8.01. The van der Waals surface area contributed by atoms with Gasteiger partial charge in [0.2, 0.25) is 16.4 Å².